The molecule has 1 atom stereocenters. The van der Waals surface area contributed by atoms with E-state index in [0.717, 1.165) is 23.9 Å². The number of likely N-dealkylation sites (tertiary alicyclic amines) is 1. The summed E-state index contributed by atoms with van der Waals surface area (Å²) in [6, 6.07) is 5.96. The first-order valence-corrected chi connectivity index (χ1v) is 6.87. The number of nitrogen functional groups attached to an aromatic ring is 1. The molecule has 0 spiro atoms. The average Bonchev–Trinajstić information content (AvgIpc) is 2.41. The van der Waals surface area contributed by atoms with Crippen LogP contribution in [0.2, 0.25) is 0 Å². The maximum absolute atomic E-state index is 5.79. The summed E-state index contributed by atoms with van der Waals surface area (Å²) in [5.74, 6) is 1.77. The minimum Gasteiger partial charge on any atom is -0.496 e. The highest BCUT2D eigenvalue weighted by molar-refractivity contribution is 5.48. The van der Waals surface area contributed by atoms with E-state index in [1.165, 1.54) is 37.9 Å². The van der Waals surface area contributed by atoms with Gasteiger partial charge in [0.25, 0.3) is 0 Å². The largest absolute Gasteiger partial charge is 0.496 e. The van der Waals surface area contributed by atoms with Crippen LogP contribution in [0.1, 0.15) is 31.7 Å². The molecule has 0 aliphatic carbocycles. The van der Waals surface area contributed by atoms with Gasteiger partial charge in [-0.15, -0.1) is 0 Å². The van der Waals surface area contributed by atoms with Gasteiger partial charge in [-0.2, -0.15) is 0 Å². The molecule has 1 saturated heterocycles. The van der Waals surface area contributed by atoms with Crippen molar-refractivity contribution < 1.29 is 4.74 Å². The molecule has 1 fully saturated rings. The van der Waals surface area contributed by atoms with Crippen LogP contribution < -0.4 is 10.5 Å². The molecule has 18 heavy (non-hydrogen) atoms. The topological polar surface area (TPSA) is 38.5 Å². The molecule has 1 heterocycles. The lowest BCUT2D eigenvalue weighted by atomic mass is 9.95. The number of methoxy groups -OCH3 is 1. The number of hydrogen-bond donors (Lipinski definition) is 1. The van der Waals surface area contributed by atoms with Gasteiger partial charge in [-0.3, -0.25) is 4.90 Å². The van der Waals surface area contributed by atoms with Gasteiger partial charge >= 0.3 is 0 Å². The molecule has 0 radical (unpaired) electrons. The molecule has 1 aliphatic rings. The molecule has 2 N–H and O–H groups in total. The van der Waals surface area contributed by atoms with E-state index in [0.29, 0.717) is 0 Å². The van der Waals surface area contributed by atoms with Gasteiger partial charge in [-0.25, -0.2) is 0 Å². The number of nitrogens with two attached hydrogens (primary N) is 1. The molecule has 1 aliphatic heterocycles. The van der Waals surface area contributed by atoms with Crippen molar-refractivity contribution >= 4 is 5.69 Å². The summed E-state index contributed by atoms with van der Waals surface area (Å²) in [6.07, 6.45) is 3.98. The first-order chi connectivity index (χ1) is 8.72. The molecule has 0 bridgehead atoms. The molecule has 1 aromatic rings. The quantitative estimate of drug-likeness (QED) is 0.833. The van der Waals surface area contributed by atoms with E-state index in [1.54, 1.807) is 7.11 Å². The van der Waals surface area contributed by atoms with Crippen LogP contribution in [0.5, 0.6) is 5.75 Å². The maximum atomic E-state index is 5.79. The predicted molar refractivity (Wildman–Crippen MR) is 75.7 cm³/mol. The van der Waals surface area contributed by atoms with Crippen LogP contribution in [0, 0.1) is 5.92 Å². The minimum absolute atomic E-state index is 0.765. The molecular formula is C15H24N2O. The van der Waals surface area contributed by atoms with Gasteiger partial charge < -0.3 is 10.5 Å². The van der Waals surface area contributed by atoms with Crippen molar-refractivity contribution in [3.8, 4) is 5.75 Å². The summed E-state index contributed by atoms with van der Waals surface area (Å²) >= 11 is 0. The Morgan fingerprint density at radius 1 is 1.44 bits per heavy atom. The van der Waals surface area contributed by atoms with Gasteiger partial charge in [0.15, 0.2) is 0 Å². The Bertz CT molecular complexity index is 392. The van der Waals surface area contributed by atoms with E-state index in [9.17, 15) is 0 Å². The van der Waals surface area contributed by atoms with Crippen molar-refractivity contribution in [1.29, 1.82) is 0 Å². The van der Waals surface area contributed by atoms with Crippen molar-refractivity contribution in [2.24, 2.45) is 5.92 Å². The van der Waals surface area contributed by atoms with E-state index < -0.39 is 0 Å². The third kappa shape index (κ3) is 3.16. The van der Waals surface area contributed by atoms with Crippen LogP contribution in [0.4, 0.5) is 5.69 Å². The normalized spacial score (nSPS) is 20.9. The van der Waals surface area contributed by atoms with Gasteiger partial charge in [0.05, 0.1) is 7.11 Å². The Morgan fingerprint density at radius 3 is 3.00 bits per heavy atom. The second-order valence-electron chi connectivity index (χ2n) is 5.22. The van der Waals surface area contributed by atoms with E-state index in [1.807, 2.05) is 12.1 Å². The van der Waals surface area contributed by atoms with Gasteiger partial charge in [-0.05, 0) is 31.4 Å². The molecule has 1 aromatic carbocycles. The summed E-state index contributed by atoms with van der Waals surface area (Å²) in [5, 5.41) is 0. The zero-order chi connectivity index (χ0) is 13.0. The fraction of sp³-hybridized carbons (Fsp3) is 0.600. The molecule has 2 rings (SSSR count). The van der Waals surface area contributed by atoms with Crippen molar-refractivity contribution in [3.05, 3.63) is 23.8 Å². The standard InChI is InChI=1S/C15H24N2O/c1-3-12-5-4-8-17(10-12)11-13-6-7-14(16)9-15(13)18-2/h6-7,9,12H,3-5,8,10-11,16H2,1-2H3. The van der Waals surface area contributed by atoms with Gasteiger partial charge in [0.1, 0.15) is 5.75 Å². The molecule has 3 nitrogen and oxygen atoms in total. The van der Waals surface area contributed by atoms with Gasteiger partial charge in [-0.1, -0.05) is 19.4 Å². The minimum atomic E-state index is 0.765. The van der Waals surface area contributed by atoms with Crippen molar-refractivity contribution in [1.82, 2.24) is 4.90 Å². The zero-order valence-electron chi connectivity index (χ0n) is 11.5. The van der Waals surface area contributed by atoms with E-state index in [2.05, 4.69) is 17.9 Å². The van der Waals surface area contributed by atoms with Gasteiger partial charge in [0.2, 0.25) is 0 Å². The Kier molecular flexibility index (Phi) is 4.48. The fourth-order valence-electron chi connectivity index (χ4n) is 2.76. The Morgan fingerprint density at radius 2 is 2.28 bits per heavy atom. The highest BCUT2D eigenvalue weighted by Crippen LogP contribution is 2.26. The number of anilines is 1. The van der Waals surface area contributed by atoms with Gasteiger partial charge in [0, 0.05) is 30.4 Å². The lowest BCUT2D eigenvalue weighted by Crippen LogP contribution is -2.34. The highest BCUT2D eigenvalue weighted by Gasteiger charge is 2.19. The van der Waals surface area contributed by atoms with Crippen LogP contribution in [0.25, 0.3) is 0 Å². The van der Waals surface area contributed by atoms with Crippen LogP contribution in [0.3, 0.4) is 0 Å². The number of hydrogen-bond acceptors (Lipinski definition) is 3. The first kappa shape index (κ1) is 13.2. The average molecular weight is 248 g/mol. The second kappa shape index (κ2) is 6.10. The fourth-order valence-corrected chi connectivity index (χ4v) is 2.76. The molecule has 100 valence electrons. The number of ether oxygens (including phenoxy) is 1. The van der Waals surface area contributed by atoms with Crippen LogP contribution >= 0.6 is 0 Å². The highest BCUT2D eigenvalue weighted by atomic mass is 16.5. The molecule has 0 aromatic heterocycles. The van der Waals surface area contributed by atoms with Crippen LogP contribution in [0.15, 0.2) is 18.2 Å². The Labute approximate surface area is 110 Å². The van der Waals surface area contributed by atoms with Crippen LogP contribution in [-0.4, -0.2) is 25.1 Å². The molecule has 1 unspecified atom stereocenters. The summed E-state index contributed by atoms with van der Waals surface area (Å²) in [6.45, 7) is 5.67. The summed E-state index contributed by atoms with van der Waals surface area (Å²) < 4.78 is 5.41. The third-order valence-electron chi connectivity index (χ3n) is 3.89. The van der Waals surface area contributed by atoms with Crippen LogP contribution in [-0.2, 0) is 6.54 Å². The number of benzene rings is 1. The summed E-state index contributed by atoms with van der Waals surface area (Å²) in [5.41, 5.74) is 7.79. The maximum Gasteiger partial charge on any atom is 0.125 e. The SMILES string of the molecule is CCC1CCCN(Cc2ccc(N)cc2OC)C1. The predicted octanol–water partition coefficient (Wildman–Crippen LogP) is 2.90. The van der Waals surface area contributed by atoms with E-state index in [4.69, 9.17) is 10.5 Å². The number of nitrogens with zero attached hydrogens (tertiary/aromatic N) is 1. The lowest BCUT2D eigenvalue weighted by molar-refractivity contribution is 0.163. The monoisotopic (exact) mass is 248 g/mol. The van der Waals surface area contributed by atoms with E-state index in [-0.39, 0.29) is 0 Å². The summed E-state index contributed by atoms with van der Waals surface area (Å²) in [7, 11) is 1.71. The van der Waals surface area contributed by atoms with Crippen molar-refractivity contribution in [3.63, 3.8) is 0 Å². The zero-order valence-corrected chi connectivity index (χ0v) is 11.5. The first-order valence-electron chi connectivity index (χ1n) is 6.87. The smallest absolute Gasteiger partial charge is 0.125 e. The molecule has 3 heteroatoms. The van der Waals surface area contributed by atoms with Crippen molar-refractivity contribution in [2.75, 3.05) is 25.9 Å². The Balaban J connectivity index is 2.04. The second-order valence-corrected chi connectivity index (χ2v) is 5.22. The van der Waals surface area contributed by atoms with E-state index >= 15 is 0 Å². The number of piperidine rings is 1. The number of rotatable bonds is 4. The molecule has 0 amide bonds. The van der Waals surface area contributed by atoms with Crippen molar-refractivity contribution in [2.45, 2.75) is 32.7 Å². The molecule has 0 saturated carbocycles. The third-order valence-corrected chi connectivity index (χ3v) is 3.89. The Hall–Kier alpha value is -1.22. The lowest BCUT2D eigenvalue weighted by Gasteiger charge is -2.32. The molecular weight excluding hydrogens is 224 g/mol. The summed E-state index contributed by atoms with van der Waals surface area (Å²) in [4.78, 5) is 2.53.